The first-order valence-corrected chi connectivity index (χ1v) is 7.56. The van der Waals surface area contributed by atoms with Crippen molar-refractivity contribution in [1.29, 1.82) is 0 Å². The van der Waals surface area contributed by atoms with E-state index in [1.54, 1.807) is 24.8 Å². The van der Waals surface area contributed by atoms with E-state index >= 15 is 0 Å². The summed E-state index contributed by atoms with van der Waals surface area (Å²) in [7, 11) is 0. The predicted molar refractivity (Wildman–Crippen MR) is 77.2 cm³/mol. The van der Waals surface area contributed by atoms with Gasteiger partial charge in [0, 0.05) is 5.69 Å². The molecule has 106 valence electrons. The monoisotopic (exact) mass is 303 g/mol. The van der Waals surface area contributed by atoms with E-state index in [0.717, 1.165) is 11.4 Å². The van der Waals surface area contributed by atoms with Crippen molar-refractivity contribution in [3.05, 3.63) is 22.7 Å². The van der Waals surface area contributed by atoms with E-state index < -0.39 is 6.04 Å². The van der Waals surface area contributed by atoms with E-state index in [9.17, 15) is 4.79 Å². The van der Waals surface area contributed by atoms with Gasteiger partial charge >= 0.3 is 5.97 Å². The Morgan fingerprint density at radius 2 is 2.32 bits per heavy atom. The Bertz CT molecular complexity index is 411. The zero-order valence-corrected chi connectivity index (χ0v) is 12.6. The number of aryl methyl sites for hydroxylation is 1. The normalized spacial score (nSPS) is 12.2. The van der Waals surface area contributed by atoms with Crippen molar-refractivity contribution >= 4 is 29.3 Å². The summed E-state index contributed by atoms with van der Waals surface area (Å²) in [6.45, 7) is 3.99. The van der Waals surface area contributed by atoms with E-state index in [1.807, 2.05) is 6.92 Å². The summed E-state index contributed by atoms with van der Waals surface area (Å²) < 4.78 is 4.84. The summed E-state index contributed by atoms with van der Waals surface area (Å²) in [5, 5.41) is 0.450. The van der Waals surface area contributed by atoms with Crippen molar-refractivity contribution in [2.24, 2.45) is 5.73 Å². The molecular weight excluding hydrogens is 286 g/mol. The lowest BCUT2D eigenvalue weighted by Crippen LogP contribution is -2.32. The number of esters is 1. The van der Waals surface area contributed by atoms with Crippen molar-refractivity contribution in [3.8, 4) is 0 Å². The lowest BCUT2D eigenvalue weighted by atomic mass is 10.2. The van der Waals surface area contributed by atoms with Crippen molar-refractivity contribution in [3.63, 3.8) is 0 Å². The molecule has 0 aliphatic rings. The second-order valence-electron chi connectivity index (χ2n) is 3.95. The molecule has 1 aromatic heterocycles. The third kappa shape index (κ3) is 6.22. The number of carbonyl (C=O) groups excluding carboxylic acids is 1. The maximum atomic E-state index is 11.3. The van der Waals surface area contributed by atoms with Gasteiger partial charge in [-0.25, -0.2) is 9.97 Å². The van der Waals surface area contributed by atoms with Crippen molar-refractivity contribution in [1.82, 2.24) is 9.97 Å². The molecule has 19 heavy (non-hydrogen) atoms. The first-order valence-electron chi connectivity index (χ1n) is 6.03. The fourth-order valence-electron chi connectivity index (χ4n) is 1.39. The van der Waals surface area contributed by atoms with Crippen LogP contribution in [-0.2, 0) is 15.3 Å². The second-order valence-corrected chi connectivity index (χ2v) is 5.44. The highest BCUT2D eigenvalue weighted by Crippen LogP contribution is 2.14. The van der Waals surface area contributed by atoms with Crippen molar-refractivity contribution in [2.75, 3.05) is 12.4 Å². The average Bonchev–Trinajstić information content (AvgIpc) is 2.33. The molecule has 5 nitrogen and oxygen atoms in total. The third-order valence-corrected chi connectivity index (χ3v) is 3.44. The van der Waals surface area contributed by atoms with E-state index in [2.05, 4.69) is 9.97 Å². The molecule has 1 aromatic rings. The molecule has 0 fully saturated rings. The van der Waals surface area contributed by atoms with Crippen molar-refractivity contribution < 1.29 is 9.53 Å². The highest BCUT2D eigenvalue weighted by molar-refractivity contribution is 7.98. The molecule has 0 radical (unpaired) electrons. The molecule has 0 aromatic carbocycles. The molecule has 0 spiro atoms. The molecular formula is C12H18ClN3O2S. The molecule has 0 amide bonds. The van der Waals surface area contributed by atoms with Crippen molar-refractivity contribution in [2.45, 2.75) is 32.1 Å². The van der Waals surface area contributed by atoms with Crippen LogP contribution in [0.15, 0.2) is 6.07 Å². The van der Waals surface area contributed by atoms with E-state index in [1.165, 1.54) is 0 Å². The van der Waals surface area contributed by atoms with Gasteiger partial charge < -0.3 is 10.5 Å². The Kier molecular flexibility index (Phi) is 7.12. The van der Waals surface area contributed by atoms with Crippen LogP contribution in [-0.4, -0.2) is 34.3 Å². The van der Waals surface area contributed by atoms with Gasteiger partial charge in [0.05, 0.1) is 12.4 Å². The number of ether oxygens (including phenoxy) is 1. The second kappa shape index (κ2) is 8.35. The third-order valence-electron chi connectivity index (χ3n) is 2.26. The lowest BCUT2D eigenvalue weighted by molar-refractivity contribution is -0.144. The van der Waals surface area contributed by atoms with Gasteiger partial charge in [0.1, 0.15) is 17.0 Å². The van der Waals surface area contributed by atoms with Crippen LogP contribution in [0, 0.1) is 6.92 Å². The minimum atomic E-state index is -0.561. The molecule has 1 atom stereocenters. The van der Waals surface area contributed by atoms with Gasteiger partial charge in [0.25, 0.3) is 0 Å². The SMILES string of the molecule is CCOC(=O)C(N)CCSCc1nc(C)cc(Cl)n1. The topological polar surface area (TPSA) is 78.1 Å². The van der Waals surface area contributed by atoms with Crippen LogP contribution >= 0.6 is 23.4 Å². The largest absolute Gasteiger partial charge is 0.465 e. The Morgan fingerprint density at radius 3 is 2.95 bits per heavy atom. The summed E-state index contributed by atoms with van der Waals surface area (Å²) in [5.41, 5.74) is 6.54. The Morgan fingerprint density at radius 1 is 1.58 bits per heavy atom. The molecule has 2 N–H and O–H groups in total. The Balaban J connectivity index is 2.29. The molecule has 1 heterocycles. The van der Waals surface area contributed by atoms with Gasteiger partial charge in [-0.3, -0.25) is 4.79 Å². The van der Waals surface area contributed by atoms with Gasteiger partial charge in [0.15, 0.2) is 0 Å². The van der Waals surface area contributed by atoms with Crippen LogP contribution in [0.3, 0.4) is 0 Å². The zero-order chi connectivity index (χ0) is 14.3. The van der Waals surface area contributed by atoms with Gasteiger partial charge in [-0.1, -0.05) is 11.6 Å². The quantitative estimate of drug-likeness (QED) is 0.471. The number of nitrogens with two attached hydrogens (primary N) is 1. The minimum absolute atomic E-state index is 0.349. The lowest BCUT2D eigenvalue weighted by Gasteiger charge is -2.09. The highest BCUT2D eigenvalue weighted by atomic mass is 35.5. The summed E-state index contributed by atoms with van der Waals surface area (Å²) in [6, 6.07) is 1.15. The van der Waals surface area contributed by atoms with Gasteiger partial charge in [-0.05, 0) is 32.1 Å². The van der Waals surface area contributed by atoms with E-state index in [-0.39, 0.29) is 5.97 Å². The first-order chi connectivity index (χ1) is 9.02. The van der Waals surface area contributed by atoms with E-state index in [4.69, 9.17) is 22.1 Å². The summed E-state index contributed by atoms with van der Waals surface area (Å²) in [4.78, 5) is 19.7. The van der Waals surface area contributed by atoms with E-state index in [0.29, 0.717) is 29.8 Å². The smallest absolute Gasteiger partial charge is 0.322 e. The molecule has 1 unspecified atom stereocenters. The minimum Gasteiger partial charge on any atom is -0.465 e. The number of nitrogens with zero attached hydrogens (tertiary/aromatic N) is 2. The van der Waals surface area contributed by atoms with Crippen LogP contribution in [0.2, 0.25) is 5.15 Å². The number of carbonyl (C=O) groups is 1. The molecule has 0 aliphatic carbocycles. The Labute approximate surface area is 122 Å². The fraction of sp³-hybridized carbons (Fsp3) is 0.583. The molecule has 1 rings (SSSR count). The van der Waals surface area contributed by atoms with Crippen LogP contribution < -0.4 is 5.73 Å². The summed E-state index contributed by atoms with van der Waals surface area (Å²) in [6.07, 6.45) is 0.572. The maximum Gasteiger partial charge on any atom is 0.322 e. The van der Waals surface area contributed by atoms with Crippen LogP contribution in [0.1, 0.15) is 24.9 Å². The van der Waals surface area contributed by atoms with Crippen LogP contribution in [0.5, 0.6) is 0 Å². The maximum absolute atomic E-state index is 11.3. The molecule has 0 saturated carbocycles. The number of aromatic nitrogens is 2. The number of rotatable bonds is 7. The number of hydrogen-bond donors (Lipinski definition) is 1. The standard InChI is InChI=1S/C12H18ClN3O2S/c1-3-18-12(17)9(14)4-5-19-7-11-15-8(2)6-10(13)16-11/h6,9H,3-5,7,14H2,1-2H3. The summed E-state index contributed by atoms with van der Waals surface area (Å²) >= 11 is 7.46. The van der Waals surface area contributed by atoms with Gasteiger partial charge in [0.2, 0.25) is 0 Å². The molecule has 0 saturated heterocycles. The fourth-order valence-corrected chi connectivity index (χ4v) is 2.53. The first kappa shape index (κ1) is 16.2. The molecule has 0 bridgehead atoms. The number of hydrogen-bond acceptors (Lipinski definition) is 6. The number of thioether (sulfide) groups is 1. The van der Waals surface area contributed by atoms with Crippen LogP contribution in [0.4, 0.5) is 0 Å². The van der Waals surface area contributed by atoms with Crippen LogP contribution in [0.25, 0.3) is 0 Å². The number of halogens is 1. The predicted octanol–water partition coefficient (Wildman–Crippen LogP) is 1.95. The zero-order valence-electron chi connectivity index (χ0n) is 11.1. The van der Waals surface area contributed by atoms with Gasteiger partial charge in [-0.15, -0.1) is 0 Å². The molecule has 0 aliphatic heterocycles. The van der Waals surface area contributed by atoms with Gasteiger partial charge in [-0.2, -0.15) is 11.8 Å². The summed E-state index contributed by atoms with van der Waals surface area (Å²) in [5.74, 6) is 1.74. The highest BCUT2D eigenvalue weighted by Gasteiger charge is 2.13. The molecule has 7 heteroatoms. The average molecular weight is 304 g/mol. The Hall–Kier alpha value is -0.850.